The first-order valence-corrected chi connectivity index (χ1v) is 2.63. The minimum Gasteiger partial charge on any atom is -0.396 e. The Balaban J connectivity index is 3.33. The first-order valence-electron chi connectivity index (χ1n) is 2.63. The van der Waals surface area contributed by atoms with Crippen LogP contribution in [-0.4, -0.2) is 22.8 Å². The Hall–Kier alpha value is -0.200. The molecule has 0 bridgehead atoms. The maximum Gasteiger partial charge on any atom is 0.202 e. The number of nitrogens with two attached hydrogens (primary N) is 2. The van der Waals surface area contributed by atoms with E-state index in [-0.39, 0.29) is 13.0 Å². The Morgan fingerprint density at radius 2 is 2.00 bits per heavy atom. The van der Waals surface area contributed by atoms with Crippen molar-refractivity contribution >= 4 is 0 Å². The van der Waals surface area contributed by atoms with Gasteiger partial charge < -0.3 is 5.11 Å². The van der Waals surface area contributed by atoms with Crippen LogP contribution in [0.5, 0.6) is 0 Å². The van der Waals surface area contributed by atoms with E-state index in [1.807, 2.05) is 0 Å². The third-order valence-corrected chi connectivity index (χ3v) is 0.896. The zero-order valence-corrected chi connectivity index (χ0v) is 5.08. The van der Waals surface area contributed by atoms with Crippen molar-refractivity contribution in [3.63, 3.8) is 0 Å². The number of hydrogen-bond donors (Lipinski definition) is 4. The highest BCUT2D eigenvalue weighted by molar-refractivity contribution is 4.60. The van der Waals surface area contributed by atoms with Crippen molar-refractivity contribution in [3.8, 4) is 0 Å². The number of hydrogen-bond acceptors (Lipinski definition) is 5. The van der Waals surface area contributed by atoms with Crippen molar-refractivity contribution in [2.24, 2.45) is 11.5 Å². The highest BCUT2D eigenvalue weighted by atomic mass is 17.1. The van der Waals surface area contributed by atoms with Crippen LogP contribution in [0.25, 0.3) is 0 Å². The van der Waals surface area contributed by atoms with E-state index in [2.05, 4.69) is 4.89 Å². The lowest BCUT2D eigenvalue weighted by Gasteiger charge is -2.18. The largest absolute Gasteiger partial charge is 0.396 e. The minimum atomic E-state index is -1.51. The smallest absolute Gasteiger partial charge is 0.202 e. The van der Waals surface area contributed by atoms with Crippen molar-refractivity contribution in [2.45, 2.75) is 18.7 Å². The molecule has 6 N–H and O–H groups in total. The van der Waals surface area contributed by atoms with Gasteiger partial charge in [-0.2, -0.15) is 0 Å². The van der Waals surface area contributed by atoms with Crippen LogP contribution in [0.2, 0.25) is 0 Å². The van der Waals surface area contributed by atoms with E-state index in [9.17, 15) is 0 Å². The molecule has 0 aromatic carbocycles. The zero-order valence-electron chi connectivity index (χ0n) is 5.08. The van der Waals surface area contributed by atoms with Gasteiger partial charge in [-0.15, -0.1) is 0 Å². The first-order chi connectivity index (χ1) is 4.12. The average Bonchev–Trinajstić information content (AvgIpc) is 1.84. The summed E-state index contributed by atoms with van der Waals surface area (Å²) < 4.78 is 0. The quantitative estimate of drug-likeness (QED) is 0.221. The molecular formula is C4H12N2O3. The van der Waals surface area contributed by atoms with E-state index in [4.69, 9.17) is 21.8 Å². The summed E-state index contributed by atoms with van der Waals surface area (Å²) in [6, 6.07) is 0. The van der Waals surface area contributed by atoms with Crippen LogP contribution in [-0.2, 0) is 4.89 Å². The predicted molar refractivity (Wildman–Crippen MR) is 31.1 cm³/mol. The van der Waals surface area contributed by atoms with E-state index in [0.717, 1.165) is 0 Å². The molecule has 0 aliphatic rings. The summed E-state index contributed by atoms with van der Waals surface area (Å²) in [7, 11) is 0. The van der Waals surface area contributed by atoms with Gasteiger partial charge in [-0.1, -0.05) is 0 Å². The second kappa shape index (κ2) is 3.76. The lowest BCUT2D eigenvalue weighted by Crippen LogP contribution is -2.51. The molecule has 0 atom stereocenters. The number of rotatable bonds is 4. The fraction of sp³-hybridized carbons (Fsp3) is 1.00. The number of aliphatic hydroxyl groups is 1. The summed E-state index contributed by atoms with van der Waals surface area (Å²) in [6.45, 7) is -0.0144. The van der Waals surface area contributed by atoms with E-state index >= 15 is 0 Å². The van der Waals surface area contributed by atoms with Gasteiger partial charge in [0.2, 0.25) is 5.85 Å². The molecule has 9 heavy (non-hydrogen) atoms. The van der Waals surface area contributed by atoms with E-state index in [0.29, 0.717) is 6.42 Å². The Morgan fingerprint density at radius 3 is 2.33 bits per heavy atom. The van der Waals surface area contributed by atoms with Crippen LogP contribution in [0, 0.1) is 0 Å². The summed E-state index contributed by atoms with van der Waals surface area (Å²) in [6.07, 6.45) is 0.633. The molecule has 0 amide bonds. The topological polar surface area (TPSA) is 102 Å². The molecule has 0 aliphatic carbocycles. The standard InChI is InChI=1S/C4H12N2O3/c5-4(6,9-8)2-1-3-7/h7-8H,1-3,5-6H2. The van der Waals surface area contributed by atoms with Crippen LogP contribution >= 0.6 is 0 Å². The van der Waals surface area contributed by atoms with E-state index in [1.165, 1.54) is 0 Å². The second-order valence-corrected chi connectivity index (χ2v) is 1.87. The molecular weight excluding hydrogens is 124 g/mol. The third-order valence-electron chi connectivity index (χ3n) is 0.896. The Morgan fingerprint density at radius 1 is 1.44 bits per heavy atom. The fourth-order valence-electron chi connectivity index (χ4n) is 0.401. The maximum absolute atomic E-state index is 8.28. The average molecular weight is 136 g/mol. The van der Waals surface area contributed by atoms with Crippen molar-refractivity contribution < 1.29 is 15.3 Å². The first kappa shape index (κ1) is 8.80. The summed E-state index contributed by atoms with van der Waals surface area (Å²) in [5.74, 6) is -1.51. The maximum atomic E-state index is 8.28. The minimum absolute atomic E-state index is 0.0144. The Kier molecular flexibility index (Phi) is 3.67. The molecule has 0 saturated heterocycles. The molecule has 0 rings (SSSR count). The molecule has 0 aromatic rings. The van der Waals surface area contributed by atoms with Crippen LogP contribution in [0.4, 0.5) is 0 Å². The summed E-state index contributed by atoms with van der Waals surface area (Å²) in [5.41, 5.74) is 10.2. The lowest BCUT2D eigenvalue weighted by molar-refractivity contribution is -0.323. The third kappa shape index (κ3) is 4.31. The molecule has 5 heteroatoms. The van der Waals surface area contributed by atoms with Gasteiger partial charge in [0, 0.05) is 13.0 Å². The molecule has 0 aliphatic heterocycles. The van der Waals surface area contributed by atoms with Gasteiger partial charge in [0.25, 0.3) is 0 Å². The summed E-state index contributed by atoms with van der Waals surface area (Å²) in [4.78, 5) is 3.68. The van der Waals surface area contributed by atoms with Crippen molar-refractivity contribution in [3.05, 3.63) is 0 Å². The van der Waals surface area contributed by atoms with Gasteiger partial charge >= 0.3 is 0 Å². The molecule has 0 radical (unpaired) electrons. The normalized spacial score (nSPS) is 12.0. The van der Waals surface area contributed by atoms with Gasteiger partial charge in [-0.05, 0) is 6.42 Å². The van der Waals surface area contributed by atoms with Crippen molar-refractivity contribution in [1.29, 1.82) is 0 Å². The van der Waals surface area contributed by atoms with Crippen LogP contribution in [0.15, 0.2) is 0 Å². The lowest BCUT2D eigenvalue weighted by atomic mass is 10.2. The molecule has 0 fully saturated rings. The van der Waals surface area contributed by atoms with Crippen LogP contribution < -0.4 is 11.5 Å². The zero-order chi connectivity index (χ0) is 7.33. The van der Waals surface area contributed by atoms with E-state index < -0.39 is 5.85 Å². The van der Waals surface area contributed by atoms with Gasteiger partial charge in [-0.25, -0.2) is 10.1 Å². The second-order valence-electron chi connectivity index (χ2n) is 1.87. The molecule has 0 spiro atoms. The predicted octanol–water partition coefficient (Wildman–Crippen LogP) is -1.18. The molecule has 0 unspecified atom stereocenters. The van der Waals surface area contributed by atoms with Crippen LogP contribution in [0.1, 0.15) is 12.8 Å². The van der Waals surface area contributed by atoms with E-state index in [1.54, 1.807) is 0 Å². The molecule has 0 heterocycles. The molecule has 5 nitrogen and oxygen atoms in total. The fourth-order valence-corrected chi connectivity index (χ4v) is 0.401. The van der Waals surface area contributed by atoms with Gasteiger partial charge in [0.05, 0.1) is 0 Å². The molecule has 0 saturated carbocycles. The number of aliphatic hydroxyl groups excluding tert-OH is 1. The molecule has 0 aromatic heterocycles. The summed E-state index contributed by atoms with van der Waals surface area (Å²) in [5, 5.41) is 16.3. The van der Waals surface area contributed by atoms with Crippen LogP contribution in [0.3, 0.4) is 0 Å². The van der Waals surface area contributed by atoms with Crippen molar-refractivity contribution in [1.82, 2.24) is 0 Å². The van der Waals surface area contributed by atoms with Gasteiger partial charge in [0.1, 0.15) is 0 Å². The SMILES string of the molecule is NC(N)(CCCO)OO. The highest BCUT2D eigenvalue weighted by Gasteiger charge is 2.18. The monoisotopic (exact) mass is 136 g/mol. The Bertz CT molecular complexity index is 76.2. The van der Waals surface area contributed by atoms with Gasteiger partial charge in [-0.3, -0.25) is 11.5 Å². The Labute approximate surface area is 53.1 Å². The van der Waals surface area contributed by atoms with Gasteiger partial charge in [0.15, 0.2) is 0 Å². The molecule has 56 valence electrons. The van der Waals surface area contributed by atoms with Crippen molar-refractivity contribution in [2.75, 3.05) is 6.61 Å². The summed E-state index contributed by atoms with van der Waals surface area (Å²) >= 11 is 0. The highest BCUT2D eigenvalue weighted by Crippen LogP contribution is 2.00.